The van der Waals surface area contributed by atoms with E-state index in [9.17, 15) is 4.79 Å². The molecule has 0 saturated heterocycles. The number of nitrogens with zero attached hydrogens (tertiary/aromatic N) is 3. The standard InChI is InChI=1S/C4H6N2.C3H7NO/c1-6-3-2-5-4-6;1-4(2)3-5/h2-4H,1H3;3H,1-2H3. The van der Waals surface area contributed by atoms with E-state index in [-0.39, 0.29) is 0 Å². The summed E-state index contributed by atoms with van der Waals surface area (Å²) in [5.41, 5.74) is 0. The summed E-state index contributed by atoms with van der Waals surface area (Å²) in [5, 5.41) is 0. The molecular weight excluding hydrogens is 142 g/mol. The van der Waals surface area contributed by atoms with Crippen LogP contribution in [-0.4, -0.2) is 35.0 Å². The van der Waals surface area contributed by atoms with E-state index in [0.29, 0.717) is 0 Å². The molecule has 0 atom stereocenters. The van der Waals surface area contributed by atoms with Gasteiger partial charge in [0.2, 0.25) is 6.41 Å². The summed E-state index contributed by atoms with van der Waals surface area (Å²) in [7, 11) is 5.31. The lowest BCUT2D eigenvalue weighted by molar-refractivity contribution is -0.115. The first-order valence-corrected chi connectivity index (χ1v) is 3.20. The van der Waals surface area contributed by atoms with Crippen molar-refractivity contribution in [2.45, 2.75) is 0 Å². The topological polar surface area (TPSA) is 38.1 Å². The Bertz CT molecular complexity index is 182. The Morgan fingerprint density at radius 3 is 2.18 bits per heavy atom. The van der Waals surface area contributed by atoms with Crippen LogP contribution in [0.5, 0.6) is 0 Å². The highest BCUT2D eigenvalue weighted by Crippen LogP contribution is 1.73. The summed E-state index contributed by atoms with van der Waals surface area (Å²) in [6.45, 7) is 0. The van der Waals surface area contributed by atoms with Crippen LogP contribution in [0, 0.1) is 0 Å². The van der Waals surface area contributed by atoms with Crippen molar-refractivity contribution >= 4 is 6.41 Å². The molecule has 0 aromatic carbocycles. The number of aryl methyl sites for hydroxylation is 1. The van der Waals surface area contributed by atoms with Crippen molar-refractivity contribution in [3.05, 3.63) is 18.7 Å². The average molecular weight is 155 g/mol. The zero-order valence-corrected chi connectivity index (χ0v) is 7.06. The fourth-order valence-electron chi connectivity index (χ4n) is 0.326. The van der Waals surface area contributed by atoms with Gasteiger partial charge in [0.15, 0.2) is 0 Å². The molecule has 0 bridgehead atoms. The number of imidazole rings is 1. The Hall–Kier alpha value is -1.32. The summed E-state index contributed by atoms with van der Waals surface area (Å²) in [5.74, 6) is 0. The van der Waals surface area contributed by atoms with Gasteiger partial charge < -0.3 is 9.47 Å². The molecular formula is C7H13N3O. The third kappa shape index (κ3) is 6.57. The summed E-state index contributed by atoms with van der Waals surface area (Å²) in [4.78, 5) is 14.7. The molecule has 0 saturated carbocycles. The number of rotatable bonds is 1. The minimum absolute atomic E-state index is 0.750. The third-order valence-corrected chi connectivity index (χ3v) is 0.847. The van der Waals surface area contributed by atoms with Crippen molar-refractivity contribution in [2.75, 3.05) is 14.1 Å². The molecule has 1 heterocycles. The second kappa shape index (κ2) is 5.46. The lowest BCUT2D eigenvalue weighted by atomic mass is 10.9. The van der Waals surface area contributed by atoms with E-state index in [4.69, 9.17) is 0 Å². The molecule has 4 nitrogen and oxygen atoms in total. The van der Waals surface area contributed by atoms with Gasteiger partial charge in [-0.25, -0.2) is 4.98 Å². The van der Waals surface area contributed by atoms with Crippen LogP contribution < -0.4 is 0 Å². The van der Waals surface area contributed by atoms with Gasteiger partial charge in [-0.15, -0.1) is 0 Å². The van der Waals surface area contributed by atoms with E-state index in [1.807, 2.05) is 17.8 Å². The van der Waals surface area contributed by atoms with Crippen molar-refractivity contribution in [3.63, 3.8) is 0 Å². The molecule has 11 heavy (non-hydrogen) atoms. The van der Waals surface area contributed by atoms with Gasteiger partial charge in [0.1, 0.15) is 0 Å². The minimum atomic E-state index is 0.750. The number of carbonyl (C=O) groups is 1. The molecule has 1 amide bonds. The highest BCUT2D eigenvalue weighted by atomic mass is 16.1. The Morgan fingerprint density at radius 2 is 2.09 bits per heavy atom. The third-order valence-electron chi connectivity index (χ3n) is 0.847. The van der Waals surface area contributed by atoms with Crippen LogP contribution >= 0.6 is 0 Å². The lowest BCUT2D eigenvalue weighted by Crippen LogP contribution is -2.06. The zero-order valence-electron chi connectivity index (χ0n) is 7.06. The predicted octanol–water partition coefficient (Wildman–Crippen LogP) is 0.124. The van der Waals surface area contributed by atoms with Crippen molar-refractivity contribution in [1.29, 1.82) is 0 Å². The minimum Gasteiger partial charge on any atom is -0.351 e. The Labute approximate surface area is 66.5 Å². The molecule has 0 aliphatic carbocycles. The zero-order chi connectivity index (χ0) is 8.69. The Morgan fingerprint density at radius 1 is 1.55 bits per heavy atom. The van der Waals surface area contributed by atoms with Gasteiger partial charge in [-0.2, -0.15) is 0 Å². The van der Waals surface area contributed by atoms with Crippen LogP contribution in [0.15, 0.2) is 18.7 Å². The number of hydrogen-bond donors (Lipinski definition) is 0. The molecule has 0 unspecified atom stereocenters. The highest BCUT2D eigenvalue weighted by molar-refractivity contribution is 5.45. The van der Waals surface area contributed by atoms with E-state index < -0.39 is 0 Å². The summed E-state index contributed by atoms with van der Waals surface area (Å²) in [6.07, 6.45) is 6.14. The van der Waals surface area contributed by atoms with Gasteiger partial charge in [-0.1, -0.05) is 0 Å². The van der Waals surface area contributed by atoms with Crippen LogP contribution in [0.4, 0.5) is 0 Å². The molecule has 62 valence electrons. The van der Waals surface area contributed by atoms with Gasteiger partial charge in [0.05, 0.1) is 6.33 Å². The van der Waals surface area contributed by atoms with E-state index >= 15 is 0 Å². The van der Waals surface area contributed by atoms with Crippen molar-refractivity contribution in [3.8, 4) is 0 Å². The van der Waals surface area contributed by atoms with Gasteiger partial charge in [-0.3, -0.25) is 4.79 Å². The Kier molecular flexibility index (Phi) is 4.81. The average Bonchev–Trinajstić information content (AvgIpc) is 2.41. The van der Waals surface area contributed by atoms with Gasteiger partial charge in [-0.05, 0) is 0 Å². The first-order chi connectivity index (χ1) is 5.16. The Balaban J connectivity index is 0.000000187. The summed E-state index contributed by atoms with van der Waals surface area (Å²) < 4.78 is 1.89. The van der Waals surface area contributed by atoms with E-state index in [2.05, 4.69) is 4.98 Å². The molecule has 4 heteroatoms. The summed E-state index contributed by atoms with van der Waals surface area (Å²) in [6, 6.07) is 0. The monoisotopic (exact) mass is 155 g/mol. The first-order valence-electron chi connectivity index (χ1n) is 3.20. The molecule has 0 aliphatic rings. The maximum Gasteiger partial charge on any atom is 0.209 e. The number of aromatic nitrogens is 2. The second-order valence-electron chi connectivity index (χ2n) is 2.30. The fourth-order valence-corrected chi connectivity index (χ4v) is 0.326. The van der Waals surface area contributed by atoms with Crippen LogP contribution in [-0.2, 0) is 11.8 Å². The number of carbonyl (C=O) groups excluding carboxylic acids is 1. The van der Waals surface area contributed by atoms with E-state index in [1.165, 1.54) is 4.90 Å². The molecule has 0 radical (unpaired) electrons. The van der Waals surface area contributed by atoms with Crippen molar-refractivity contribution in [1.82, 2.24) is 14.5 Å². The van der Waals surface area contributed by atoms with Crippen LogP contribution in [0.1, 0.15) is 0 Å². The van der Waals surface area contributed by atoms with Gasteiger partial charge in [0, 0.05) is 33.5 Å². The number of amides is 1. The molecule has 0 aliphatic heterocycles. The summed E-state index contributed by atoms with van der Waals surface area (Å²) >= 11 is 0. The smallest absolute Gasteiger partial charge is 0.209 e. The lowest BCUT2D eigenvalue weighted by Gasteiger charge is -1.93. The quantitative estimate of drug-likeness (QED) is 0.540. The molecule has 0 fully saturated rings. The van der Waals surface area contributed by atoms with Crippen LogP contribution in [0.25, 0.3) is 0 Å². The van der Waals surface area contributed by atoms with Gasteiger partial charge in [0.25, 0.3) is 0 Å². The molecule has 1 rings (SSSR count). The van der Waals surface area contributed by atoms with Crippen LogP contribution in [0.3, 0.4) is 0 Å². The van der Waals surface area contributed by atoms with E-state index in [0.717, 1.165) is 6.41 Å². The maximum absolute atomic E-state index is 9.43. The van der Waals surface area contributed by atoms with E-state index in [1.54, 1.807) is 26.6 Å². The molecule has 1 aromatic rings. The second-order valence-corrected chi connectivity index (χ2v) is 2.30. The predicted molar refractivity (Wildman–Crippen MR) is 43.0 cm³/mol. The normalized spacial score (nSPS) is 7.91. The largest absolute Gasteiger partial charge is 0.351 e. The molecule has 1 aromatic heterocycles. The fraction of sp³-hybridized carbons (Fsp3) is 0.429. The number of hydrogen-bond acceptors (Lipinski definition) is 2. The highest BCUT2D eigenvalue weighted by Gasteiger charge is 1.69. The van der Waals surface area contributed by atoms with Crippen molar-refractivity contribution in [2.24, 2.45) is 7.05 Å². The SMILES string of the molecule is CN(C)C=O.Cn1ccnc1. The first kappa shape index (κ1) is 9.68. The van der Waals surface area contributed by atoms with Crippen LogP contribution in [0.2, 0.25) is 0 Å². The molecule has 0 spiro atoms. The van der Waals surface area contributed by atoms with Gasteiger partial charge >= 0.3 is 0 Å². The van der Waals surface area contributed by atoms with Crippen molar-refractivity contribution < 1.29 is 4.79 Å². The molecule has 0 N–H and O–H groups in total. The maximum atomic E-state index is 9.43.